The molecule has 0 bridgehead atoms. The molecule has 2 fully saturated rings. The van der Waals surface area contributed by atoms with Gasteiger partial charge in [-0.3, -0.25) is 9.80 Å². The van der Waals surface area contributed by atoms with Gasteiger partial charge in [0.25, 0.3) is 0 Å². The van der Waals surface area contributed by atoms with Gasteiger partial charge in [0, 0.05) is 45.3 Å². The first-order valence-electron chi connectivity index (χ1n) is 8.79. The number of piperazine rings is 1. The molecule has 0 amide bonds. The second-order valence-corrected chi connectivity index (χ2v) is 7.91. The molecule has 1 aromatic carbocycles. The number of hydrogen-bond donors (Lipinski definition) is 1. The van der Waals surface area contributed by atoms with Crippen LogP contribution in [0.4, 0.5) is 0 Å². The average molecular weight is 338 g/mol. The van der Waals surface area contributed by atoms with E-state index in [1.165, 1.54) is 56.8 Å². The smallest absolute Gasteiger partial charge is 0.0234 e. The van der Waals surface area contributed by atoms with Crippen LogP contribution >= 0.6 is 12.4 Å². The molecule has 0 saturated carbocycles. The minimum Gasteiger partial charge on any atom is -0.315 e. The molecule has 3 nitrogen and oxygen atoms in total. The maximum absolute atomic E-state index is 3.48. The summed E-state index contributed by atoms with van der Waals surface area (Å²) in [5, 5.41) is 3.48. The second kappa shape index (κ2) is 7.98. The van der Waals surface area contributed by atoms with E-state index in [1.54, 1.807) is 0 Å². The lowest BCUT2D eigenvalue weighted by Crippen LogP contribution is -2.50. The van der Waals surface area contributed by atoms with Crippen molar-refractivity contribution in [3.8, 4) is 0 Å². The largest absolute Gasteiger partial charge is 0.315 e. The van der Waals surface area contributed by atoms with Gasteiger partial charge < -0.3 is 5.32 Å². The van der Waals surface area contributed by atoms with E-state index in [-0.39, 0.29) is 17.8 Å². The van der Waals surface area contributed by atoms with Crippen molar-refractivity contribution in [3.63, 3.8) is 0 Å². The Morgan fingerprint density at radius 3 is 2.22 bits per heavy atom. The summed E-state index contributed by atoms with van der Waals surface area (Å²) in [7, 11) is 0. The summed E-state index contributed by atoms with van der Waals surface area (Å²) < 4.78 is 0. The highest BCUT2D eigenvalue weighted by Crippen LogP contribution is 2.22. The zero-order valence-electron chi connectivity index (χ0n) is 14.8. The molecule has 3 rings (SSSR count). The number of halogens is 1. The van der Waals surface area contributed by atoms with E-state index < -0.39 is 0 Å². The standard InChI is InChI=1S/C19H31N3.ClH/c1-19(2,3)17-6-4-16(5-7-17)15-21-10-12-22(13-11-21)18-8-9-20-14-18;/h4-7,18,20H,8-15H2,1-3H3;1H. The van der Waals surface area contributed by atoms with Crippen LogP contribution in [0.25, 0.3) is 0 Å². The molecule has 0 aromatic heterocycles. The Hall–Kier alpha value is -0.610. The highest BCUT2D eigenvalue weighted by molar-refractivity contribution is 5.85. The van der Waals surface area contributed by atoms with Crippen LogP contribution in [0.2, 0.25) is 0 Å². The topological polar surface area (TPSA) is 18.5 Å². The van der Waals surface area contributed by atoms with Gasteiger partial charge in [0.1, 0.15) is 0 Å². The lowest BCUT2D eigenvalue weighted by atomic mass is 9.87. The lowest BCUT2D eigenvalue weighted by Gasteiger charge is -2.37. The minimum absolute atomic E-state index is 0. The molecule has 130 valence electrons. The molecule has 2 aliphatic rings. The van der Waals surface area contributed by atoms with Gasteiger partial charge in [-0.15, -0.1) is 12.4 Å². The lowest BCUT2D eigenvalue weighted by molar-refractivity contribution is 0.0981. The Morgan fingerprint density at radius 1 is 1.04 bits per heavy atom. The Bertz CT molecular complexity index is 466. The zero-order chi connectivity index (χ0) is 15.6. The van der Waals surface area contributed by atoms with Crippen LogP contribution < -0.4 is 5.32 Å². The second-order valence-electron chi connectivity index (χ2n) is 7.91. The summed E-state index contributed by atoms with van der Waals surface area (Å²) in [4.78, 5) is 5.28. The predicted molar refractivity (Wildman–Crippen MR) is 101 cm³/mol. The van der Waals surface area contributed by atoms with E-state index >= 15 is 0 Å². The first-order chi connectivity index (χ1) is 10.5. The van der Waals surface area contributed by atoms with E-state index in [4.69, 9.17) is 0 Å². The first-order valence-corrected chi connectivity index (χ1v) is 8.79. The van der Waals surface area contributed by atoms with Gasteiger partial charge in [0.2, 0.25) is 0 Å². The van der Waals surface area contributed by atoms with E-state index in [0.29, 0.717) is 0 Å². The van der Waals surface area contributed by atoms with Gasteiger partial charge in [-0.25, -0.2) is 0 Å². The Balaban J connectivity index is 0.00000192. The first kappa shape index (κ1) is 18.7. The monoisotopic (exact) mass is 337 g/mol. The van der Waals surface area contributed by atoms with E-state index in [2.05, 4.69) is 60.2 Å². The predicted octanol–water partition coefficient (Wildman–Crippen LogP) is 2.89. The van der Waals surface area contributed by atoms with Crippen molar-refractivity contribution in [1.29, 1.82) is 0 Å². The molecule has 4 heteroatoms. The molecule has 1 unspecified atom stereocenters. The van der Waals surface area contributed by atoms with Crippen molar-refractivity contribution in [2.45, 2.75) is 45.2 Å². The molecular weight excluding hydrogens is 306 g/mol. The summed E-state index contributed by atoms with van der Waals surface area (Å²) in [5.74, 6) is 0. The molecular formula is C19H32ClN3. The minimum atomic E-state index is 0. The van der Waals surface area contributed by atoms with Crippen LogP contribution in [0.15, 0.2) is 24.3 Å². The van der Waals surface area contributed by atoms with Gasteiger partial charge in [0.15, 0.2) is 0 Å². The van der Waals surface area contributed by atoms with Gasteiger partial charge in [-0.1, -0.05) is 45.0 Å². The Morgan fingerprint density at radius 2 is 1.70 bits per heavy atom. The number of hydrogen-bond acceptors (Lipinski definition) is 3. The number of rotatable bonds is 3. The third-order valence-electron chi connectivity index (χ3n) is 5.18. The summed E-state index contributed by atoms with van der Waals surface area (Å²) in [6.45, 7) is 15.2. The van der Waals surface area contributed by atoms with Crippen LogP contribution in [0.5, 0.6) is 0 Å². The SMILES string of the molecule is CC(C)(C)c1ccc(CN2CCN(C3CCNC3)CC2)cc1.Cl. The van der Waals surface area contributed by atoms with Crippen molar-refractivity contribution in [2.24, 2.45) is 0 Å². The van der Waals surface area contributed by atoms with Gasteiger partial charge in [0.05, 0.1) is 0 Å². The van der Waals surface area contributed by atoms with Gasteiger partial charge in [-0.2, -0.15) is 0 Å². The summed E-state index contributed by atoms with van der Waals surface area (Å²) in [6.07, 6.45) is 1.33. The third-order valence-corrected chi connectivity index (χ3v) is 5.18. The highest BCUT2D eigenvalue weighted by atomic mass is 35.5. The fourth-order valence-electron chi connectivity index (χ4n) is 3.61. The molecule has 2 aliphatic heterocycles. The van der Waals surface area contributed by atoms with E-state index in [1.807, 2.05) is 0 Å². The molecule has 1 atom stereocenters. The molecule has 0 aliphatic carbocycles. The Labute approximate surface area is 147 Å². The fraction of sp³-hybridized carbons (Fsp3) is 0.684. The number of nitrogens with zero attached hydrogens (tertiary/aromatic N) is 2. The van der Waals surface area contributed by atoms with Crippen LogP contribution in [0.1, 0.15) is 38.3 Å². The van der Waals surface area contributed by atoms with Gasteiger partial charge >= 0.3 is 0 Å². The van der Waals surface area contributed by atoms with Crippen LogP contribution in [-0.4, -0.2) is 55.1 Å². The molecule has 2 heterocycles. The normalized spacial score (nSPS) is 23.7. The maximum Gasteiger partial charge on any atom is 0.0234 e. The van der Waals surface area contributed by atoms with E-state index in [9.17, 15) is 0 Å². The number of nitrogens with one attached hydrogen (secondary N) is 1. The van der Waals surface area contributed by atoms with Crippen LogP contribution in [0.3, 0.4) is 0 Å². The van der Waals surface area contributed by atoms with Crippen molar-refractivity contribution in [3.05, 3.63) is 35.4 Å². The zero-order valence-corrected chi connectivity index (χ0v) is 15.7. The molecule has 1 N–H and O–H groups in total. The molecule has 0 spiro atoms. The molecule has 1 aromatic rings. The average Bonchev–Trinajstić information content (AvgIpc) is 3.02. The van der Waals surface area contributed by atoms with Gasteiger partial charge in [-0.05, 0) is 29.5 Å². The molecule has 23 heavy (non-hydrogen) atoms. The van der Waals surface area contributed by atoms with Crippen LogP contribution in [-0.2, 0) is 12.0 Å². The molecule has 0 radical (unpaired) electrons. The van der Waals surface area contributed by atoms with E-state index in [0.717, 1.165) is 12.6 Å². The quantitative estimate of drug-likeness (QED) is 0.915. The van der Waals surface area contributed by atoms with Crippen molar-refractivity contribution in [1.82, 2.24) is 15.1 Å². The van der Waals surface area contributed by atoms with Crippen molar-refractivity contribution < 1.29 is 0 Å². The summed E-state index contributed by atoms with van der Waals surface area (Å²) in [5.41, 5.74) is 3.12. The summed E-state index contributed by atoms with van der Waals surface area (Å²) in [6, 6.07) is 10.0. The van der Waals surface area contributed by atoms with Crippen LogP contribution in [0, 0.1) is 0 Å². The Kier molecular flexibility index (Phi) is 6.49. The van der Waals surface area contributed by atoms with Crippen molar-refractivity contribution in [2.75, 3.05) is 39.3 Å². The van der Waals surface area contributed by atoms with Crippen molar-refractivity contribution >= 4 is 12.4 Å². The highest BCUT2D eigenvalue weighted by Gasteiger charge is 2.25. The summed E-state index contributed by atoms with van der Waals surface area (Å²) >= 11 is 0. The maximum atomic E-state index is 3.48. The number of benzene rings is 1. The third kappa shape index (κ3) is 4.93. The molecule has 2 saturated heterocycles. The fourth-order valence-corrected chi connectivity index (χ4v) is 3.61.